The fourth-order valence-electron chi connectivity index (χ4n) is 1.33. The first-order valence-corrected chi connectivity index (χ1v) is 7.52. The number of aromatic nitrogens is 1. The number of rotatable bonds is 2. The summed E-state index contributed by atoms with van der Waals surface area (Å²) in [5.41, 5.74) is 1.06. The number of hydrogen-bond donors (Lipinski definition) is 1. The molecule has 0 saturated carbocycles. The SMILES string of the molecule is CC(c1ccc(C(Cl)(Cl)Cl)nc1)[N+](C#N)=S(C)O. The molecule has 0 bridgehead atoms. The summed E-state index contributed by atoms with van der Waals surface area (Å²) in [6, 6.07) is 3.00. The number of pyridine rings is 1. The van der Waals surface area contributed by atoms with Crippen LogP contribution in [0.5, 0.6) is 0 Å². The molecule has 1 aromatic rings. The fourth-order valence-corrected chi connectivity index (χ4v) is 2.36. The van der Waals surface area contributed by atoms with Crippen LogP contribution in [-0.2, 0) is 14.8 Å². The van der Waals surface area contributed by atoms with Gasteiger partial charge >= 0.3 is 6.19 Å². The van der Waals surface area contributed by atoms with Gasteiger partial charge < -0.3 is 4.55 Å². The van der Waals surface area contributed by atoms with Crippen LogP contribution in [0.25, 0.3) is 0 Å². The second-order valence-corrected chi connectivity index (χ2v) is 7.09. The van der Waals surface area contributed by atoms with Gasteiger partial charge in [-0.05, 0) is 13.0 Å². The van der Waals surface area contributed by atoms with Gasteiger partial charge in [-0.15, -0.1) is 3.95 Å². The molecule has 1 rings (SSSR count). The number of nitriles is 1. The number of alkyl halides is 3. The molecule has 0 radical (unpaired) electrons. The number of halogens is 3. The molecule has 0 aliphatic carbocycles. The van der Waals surface area contributed by atoms with Crippen LogP contribution in [0.2, 0.25) is 0 Å². The highest BCUT2D eigenvalue weighted by Gasteiger charge is 2.25. The van der Waals surface area contributed by atoms with E-state index >= 15 is 0 Å². The highest BCUT2D eigenvalue weighted by molar-refractivity contribution is 7.78. The van der Waals surface area contributed by atoms with Crippen molar-refractivity contribution < 1.29 is 8.50 Å². The first kappa shape index (κ1) is 15.7. The Hall–Kier alpha value is -0.380. The molecule has 18 heavy (non-hydrogen) atoms. The van der Waals surface area contributed by atoms with Gasteiger partial charge in [0, 0.05) is 18.0 Å². The van der Waals surface area contributed by atoms with Crippen LogP contribution in [0.3, 0.4) is 0 Å². The zero-order valence-corrected chi connectivity index (χ0v) is 12.7. The molecule has 98 valence electrons. The molecule has 0 aromatic carbocycles. The van der Waals surface area contributed by atoms with Gasteiger partial charge in [0.05, 0.1) is 5.69 Å². The average Bonchev–Trinajstić information content (AvgIpc) is 2.28. The predicted molar refractivity (Wildman–Crippen MR) is 73.7 cm³/mol. The molecular weight excluding hydrogens is 317 g/mol. The number of hydrogen-bond acceptors (Lipinski definition) is 2. The van der Waals surface area contributed by atoms with E-state index in [0.717, 1.165) is 5.56 Å². The first-order chi connectivity index (χ1) is 8.27. The van der Waals surface area contributed by atoms with Crippen molar-refractivity contribution in [3.8, 4) is 6.19 Å². The molecule has 0 spiro atoms. The molecule has 0 amide bonds. The Morgan fingerprint density at radius 3 is 2.44 bits per heavy atom. The van der Waals surface area contributed by atoms with Crippen LogP contribution >= 0.6 is 34.8 Å². The quantitative estimate of drug-likeness (QED) is 0.392. The minimum Gasteiger partial charge on any atom is -0.306 e. The summed E-state index contributed by atoms with van der Waals surface area (Å²) in [5.74, 6) is 0. The van der Waals surface area contributed by atoms with Crippen LogP contribution in [0.4, 0.5) is 0 Å². The van der Waals surface area contributed by atoms with Gasteiger partial charge in [0.25, 0.3) is 0 Å². The van der Waals surface area contributed by atoms with E-state index < -0.39 is 14.8 Å². The van der Waals surface area contributed by atoms with Gasteiger partial charge in [-0.3, -0.25) is 4.98 Å². The van der Waals surface area contributed by atoms with Crippen molar-refractivity contribution in [2.45, 2.75) is 16.8 Å². The van der Waals surface area contributed by atoms with Gasteiger partial charge in [0.2, 0.25) is 3.79 Å². The van der Waals surface area contributed by atoms with E-state index in [2.05, 4.69) is 4.98 Å². The smallest absolute Gasteiger partial charge is 0.306 e. The molecule has 4 nitrogen and oxygen atoms in total. The molecular formula is C10H11Cl3N3OS+. The van der Waals surface area contributed by atoms with Crippen molar-refractivity contribution in [2.24, 2.45) is 0 Å². The van der Waals surface area contributed by atoms with Crippen LogP contribution < -0.4 is 0 Å². The zero-order valence-electron chi connectivity index (χ0n) is 9.64. The third-order valence-corrected chi connectivity index (χ3v) is 3.84. The van der Waals surface area contributed by atoms with E-state index in [4.69, 9.17) is 40.1 Å². The maximum atomic E-state index is 9.48. The van der Waals surface area contributed by atoms with E-state index in [9.17, 15) is 4.55 Å². The Bertz CT molecular complexity index is 501. The molecule has 1 N–H and O–H groups in total. The normalized spacial score (nSPS) is 15.7. The summed E-state index contributed by atoms with van der Waals surface area (Å²) >= 11 is 17.1. The Labute approximate surface area is 123 Å². The van der Waals surface area contributed by atoms with Gasteiger partial charge in [-0.25, -0.2) is 0 Å². The number of nitrogens with zero attached hydrogens (tertiary/aromatic N) is 3. The standard InChI is InChI=1S/C10H10Cl3N3OS/c1-7(16(6-14)18(2)17)8-3-4-9(15-5-8)10(11,12)13/h3-5,7H,1-2H3/p+1. The van der Waals surface area contributed by atoms with Crippen LogP contribution in [0.1, 0.15) is 24.2 Å². The summed E-state index contributed by atoms with van der Waals surface area (Å²) in [7, 11) is -1.14. The highest BCUT2D eigenvalue weighted by atomic mass is 35.6. The molecule has 0 aliphatic heterocycles. The van der Waals surface area contributed by atoms with Crippen molar-refractivity contribution in [1.29, 1.82) is 5.26 Å². The van der Waals surface area contributed by atoms with Gasteiger partial charge in [-0.2, -0.15) is 0 Å². The minimum absolute atomic E-state index is 0.301. The van der Waals surface area contributed by atoms with Crippen LogP contribution in [-0.4, -0.2) is 19.7 Å². The van der Waals surface area contributed by atoms with E-state index in [-0.39, 0.29) is 6.04 Å². The second-order valence-electron chi connectivity index (χ2n) is 3.52. The molecule has 2 atom stereocenters. The Morgan fingerprint density at radius 2 is 2.11 bits per heavy atom. The maximum Gasteiger partial charge on any atom is 0.468 e. The van der Waals surface area contributed by atoms with Crippen molar-refractivity contribution in [1.82, 2.24) is 4.98 Å². The third kappa shape index (κ3) is 3.81. The van der Waals surface area contributed by atoms with Crippen molar-refractivity contribution in [2.75, 3.05) is 6.26 Å². The largest absolute Gasteiger partial charge is 0.468 e. The lowest BCUT2D eigenvalue weighted by atomic mass is 10.1. The second kappa shape index (κ2) is 6.18. The molecule has 0 fully saturated rings. The zero-order chi connectivity index (χ0) is 13.9. The lowest BCUT2D eigenvalue weighted by molar-refractivity contribution is -0.463. The van der Waals surface area contributed by atoms with Crippen molar-refractivity contribution >= 4 is 45.8 Å². The maximum absolute atomic E-state index is 9.48. The van der Waals surface area contributed by atoms with Gasteiger partial charge in [-0.1, -0.05) is 40.9 Å². The lowest BCUT2D eigenvalue weighted by Gasteiger charge is -2.12. The van der Waals surface area contributed by atoms with Gasteiger partial charge in [0.1, 0.15) is 17.0 Å². The van der Waals surface area contributed by atoms with Crippen LogP contribution in [0.15, 0.2) is 18.3 Å². The Morgan fingerprint density at radius 1 is 1.50 bits per heavy atom. The van der Waals surface area contributed by atoms with Crippen molar-refractivity contribution in [3.63, 3.8) is 0 Å². The predicted octanol–water partition coefficient (Wildman–Crippen LogP) is 3.37. The summed E-state index contributed by atoms with van der Waals surface area (Å²) in [4.78, 5) is 4.04. The molecule has 0 saturated heterocycles. The van der Waals surface area contributed by atoms with Crippen LogP contribution in [0, 0.1) is 11.5 Å². The third-order valence-electron chi connectivity index (χ3n) is 2.29. The van der Waals surface area contributed by atoms with E-state index in [0.29, 0.717) is 5.69 Å². The van der Waals surface area contributed by atoms with E-state index in [1.807, 2.05) is 6.19 Å². The molecule has 1 heterocycles. The topological polar surface area (TPSA) is 59.9 Å². The summed E-state index contributed by atoms with van der Waals surface area (Å²) in [6.45, 7) is 1.79. The minimum atomic E-state index is -1.57. The van der Waals surface area contributed by atoms with E-state index in [1.165, 1.54) is 10.1 Å². The Balaban J connectivity index is 3.08. The molecule has 2 unspecified atom stereocenters. The monoisotopic (exact) mass is 326 g/mol. The fraction of sp³-hybridized carbons (Fsp3) is 0.400. The average molecular weight is 328 g/mol. The highest BCUT2D eigenvalue weighted by Crippen LogP contribution is 2.37. The molecule has 1 aromatic heterocycles. The molecule has 8 heteroatoms. The Kier molecular flexibility index (Phi) is 5.38. The molecule has 0 aliphatic rings. The van der Waals surface area contributed by atoms with Gasteiger partial charge in [0.15, 0.2) is 5.26 Å². The summed E-state index contributed by atoms with van der Waals surface area (Å²) in [6.07, 6.45) is 5.01. The first-order valence-electron chi connectivity index (χ1n) is 4.84. The van der Waals surface area contributed by atoms with E-state index in [1.54, 1.807) is 25.3 Å². The van der Waals surface area contributed by atoms with Crippen molar-refractivity contribution in [3.05, 3.63) is 29.6 Å². The summed E-state index contributed by atoms with van der Waals surface area (Å²) in [5, 5.41) is 8.95. The lowest BCUT2D eigenvalue weighted by Crippen LogP contribution is -2.15. The summed E-state index contributed by atoms with van der Waals surface area (Å²) < 4.78 is 9.18.